The Morgan fingerprint density at radius 3 is 2.62 bits per heavy atom. The summed E-state index contributed by atoms with van der Waals surface area (Å²) in [6.07, 6.45) is 3.40. The fourth-order valence-electron chi connectivity index (χ4n) is 2.97. The molecule has 0 fully saturated rings. The van der Waals surface area contributed by atoms with E-state index in [2.05, 4.69) is 24.3 Å². The molecule has 0 saturated carbocycles. The maximum absolute atomic E-state index is 12.9. The van der Waals surface area contributed by atoms with Gasteiger partial charge in [-0.1, -0.05) is 39.0 Å². The van der Waals surface area contributed by atoms with E-state index in [1.165, 1.54) is 0 Å². The van der Waals surface area contributed by atoms with Crippen LogP contribution in [0.2, 0.25) is 0 Å². The number of para-hydroxylation sites is 1. The summed E-state index contributed by atoms with van der Waals surface area (Å²) in [6, 6.07) is 9.66. The summed E-state index contributed by atoms with van der Waals surface area (Å²) in [5, 5.41) is 7.52. The maximum Gasteiger partial charge on any atom is 0.276 e. The second-order valence-corrected chi connectivity index (χ2v) is 7.29. The molecule has 6 nitrogen and oxygen atoms in total. The van der Waals surface area contributed by atoms with E-state index in [0.717, 1.165) is 18.5 Å². The third-order valence-corrected chi connectivity index (χ3v) is 4.10. The molecule has 0 saturated heterocycles. The minimum Gasteiger partial charge on any atom is -0.489 e. The number of hydrogen-bond acceptors (Lipinski definition) is 4. The molecule has 1 amide bonds. The molecule has 0 bridgehead atoms. The van der Waals surface area contributed by atoms with Gasteiger partial charge in [-0.05, 0) is 37.8 Å². The SMILES string of the molecule is CCCOc1cn(-c2ccccc2)nc1C(=O)NC(C)(CN)CC(C)C. The highest BCUT2D eigenvalue weighted by Crippen LogP contribution is 2.22. The zero-order chi connectivity index (χ0) is 19.2. The average molecular weight is 358 g/mol. The van der Waals surface area contributed by atoms with Crippen molar-refractivity contribution in [3.05, 3.63) is 42.2 Å². The van der Waals surface area contributed by atoms with Gasteiger partial charge in [0.05, 0.1) is 24.0 Å². The molecule has 6 heteroatoms. The fourth-order valence-corrected chi connectivity index (χ4v) is 2.97. The average Bonchev–Trinajstić information content (AvgIpc) is 3.04. The number of amides is 1. The number of aromatic nitrogens is 2. The lowest BCUT2D eigenvalue weighted by molar-refractivity contribution is 0.0888. The van der Waals surface area contributed by atoms with Gasteiger partial charge in [-0.2, -0.15) is 5.10 Å². The molecule has 0 spiro atoms. The highest BCUT2D eigenvalue weighted by Gasteiger charge is 2.29. The Morgan fingerprint density at radius 1 is 1.35 bits per heavy atom. The van der Waals surface area contributed by atoms with E-state index < -0.39 is 5.54 Å². The van der Waals surface area contributed by atoms with Crippen molar-refractivity contribution >= 4 is 5.91 Å². The molecule has 1 unspecified atom stereocenters. The van der Waals surface area contributed by atoms with Gasteiger partial charge in [-0.15, -0.1) is 0 Å². The Labute approximate surface area is 155 Å². The van der Waals surface area contributed by atoms with Crippen LogP contribution in [0.4, 0.5) is 0 Å². The summed E-state index contributed by atoms with van der Waals surface area (Å²) < 4.78 is 7.43. The first-order valence-corrected chi connectivity index (χ1v) is 9.19. The second kappa shape index (κ2) is 8.85. The predicted octanol–water partition coefficient (Wildman–Crippen LogP) is 3.15. The van der Waals surface area contributed by atoms with Crippen molar-refractivity contribution < 1.29 is 9.53 Å². The summed E-state index contributed by atoms with van der Waals surface area (Å²) >= 11 is 0. The van der Waals surface area contributed by atoms with Gasteiger partial charge in [0.1, 0.15) is 0 Å². The summed E-state index contributed by atoms with van der Waals surface area (Å²) in [6.45, 7) is 9.10. The number of ether oxygens (including phenoxy) is 1. The smallest absolute Gasteiger partial charge is 0.276 e. The zero-order valence-corrected chi connectivity index (χ0v) is 16.2. The van der Waals surface area contributed by atoms with Crippen molar-refractivity contribution in [2.45, 2.75) is 46.1 Å². The minimum absolute atomic E-state index is 0.264. The fraction of sp³-hybridized carbons (Fsp3) is 0.500. The van der Waals surface area contributed by atoms with Crippen LogP contribution in [0, 0.1) is 5.92 Å². The second-order valence-electron chi connectivity index (χ2n) is 7.29. The largest absolute Gasteiger partial charge is 0.489 e. The maximum atomic E-state index is 12.9. The van der Waals surface area contributed by atoms with Gasteiger partial charge < -0.3 is 15.8 Å². The molecule has 0 radical (unpaired) electrons. The summed E-state index contributed by atoms with van der Waals surface area (Å²) in [5.74, 6) is 0.637. The lowest BCUT2D eigenvalue weighted by Crippen LogP contribution is -2.52. The molecular weight excluding hydrogens is 328 g/mol. The van der Waals surface area contributed by atoms with Gasteiger partial charge >= 0.3 is 0 Å². The van der Waals surface area contributed by atoms with Crippen molar-refractivity contribution in [2.75, 3.05) is 13.2 Å². The molecule has 0 aliphatic carbocycles. The van der Waals surface area contributed by atoms with Gasteiger partial charge in [0.25, 0.3) is 5.91 Å². The molecule has 2 rings (SSSR count). The van der Waals surface area contributed by atoms with Crippen LogP contribution < -0.4 is 15.8 Å². The van der Waals surface area contributed by atoms with E-state index in [0.29, 0.717) is 24.8 Å². The van der Waals surface area contributed by atoms with Gasteiger partial charge in [0.2, 0.25) is 0 Å². The highest BCUT2D eigenvalue weighted by atomic mass is 16.5. The first-order chi connectivity index (χ1) is 12.4. The number of rotatable bonds is 9. The van der Waals surface area contributed by atoms with Gasteiger partial charge in [-0.3, -0.25) is 4.79 Å². The zero-order valence-electron chi connectivity index (χ0n) is 16.2. The third-order valence-electron chi connectivity index (χ3n) is 4.10. The van der Waals surface area contributed by atoms with Crippen LogP contribution in [-0.2, 0) is 0 Å². The predicted molar refractivity (Wildman–Crippen MR) is 104 cm³/mol. The van der Waals surface area contributed by atoms with E-state index in [-0.39, 0.29) is 11.6 Å². The van der Waals surface area contributed by atoms with E-state index in [1.807, 2.05) is 44.2 Å². The van der Waals surface area contributed by atoms with E-state index in [9.17, 15) is 4.79 Å². The first-order valence-electron chi connectivity index (χ1n) is 9.19. The lowest BCUT2D eigenvalue weighted by atomic mass is 9.90. The Morgan fingerprint density at radius 2 is 2.04 bits per heavy atom. The molecule has 3 N–H and O–H groups in total. The number of nitrogens with two attached hydrogens (primary N) is 1. The Bertz CT molecular complexity index is 712. The van der Waals surface area contributed by atoms with Crippen molar-refractivity contribution in [1.82, 2.24) is 15.1 Å². The quantitative estimate of drug-likeness (QED) is 0.721. The Hall–Kier alpha value is -2.34. The van der Waals surface area contributed by atoms with Gasteiger partial charge in [0, 0.05) is 6.54 Å². The molecular formula is C20H30N4O2. The van der Waals surface area contributed by atoms with Gasteiger partial charge in [0.15, 0.2) is 11.4 Å². The van der Waals surface area contributed by atoms with Crippen molar-refractivity contribution in [1.29, 1.82) is 0 Å². The molecule has 1 heterocycles. The van der Waals surface area contributed by atoms with E-state index in [4.69, 9.17) is 10.5 Å². The van der Waals surface area contributed by atoms with Gasteiger partial charge in [-0.25, -0.2) is 4.68 Å². The van der Waals surface area contributed by atoms with Crippen LogP contribution in [0.1, 0.15) is 51.0 Å². The Balaban J connectivity index is 2.30. The molecule has 142 valence electrons. The number of carbonyl (C=O) groups excluding carboxylic acids is 1. The third kappa shape index (κ3) is 5.08. The van der Waals surface area contributed by atoms with Crippen LogP contribution in [-0.4, -0.2) is 34.4 Å². The summed E-state index contributed by atoms with van der Waals surface area (Å²) in [7, 11) is 0. The molecule has 1 aromatic carbocycles. The normalized spacial score (nSPS) is 13.5. The number of benzene rings is 1. The lowest BCUT2D eigenvalue weighted by Gasteiger charge is -2.31. The number of nitrogens with zero attached hydrogens (tertiary/aromatic N) is 2. The van der Waals surface area contributed by atoms with Crippen molar-refractivity contribution in [3.8, 4) is 11.4 Å². The van der Waals surface area contributed by atoms with Crippen molar-refractivity contribution in [2.24, 2.45) is 11.7 Å². The van der Waals surface area contributed by atoms with Crippen LogP contribution in [0.5, 0.6) is 5.75 Å². The summed E-state index contributed by atoms with van der Waals surface area (Å²) in [5.41, 5.74) is 6.60. The molecule has 0 aliphatic heterocycles. The van der Waals surface area contributed by atoms with Crippen molar-refractivity contribution in [3.63, 3.8) is 0 Å². The molecule has 26 heavy (non-hydrogen) atoms. The standard InChI is InChI=1S/C20H30N4O2/c1-5-11-26-17-13-24(16-9-7-6-8-10-16)23-18(17)19(25)22-20(4,14-21)12-15(2)3/h6-10,13,15H,5,11-12,14,21H2,1-4H3,(H,22,25). The first kappa shape index (κ1) is 20.0. The molecule has 1 aromatic heterocycles. The van der Waals surface area contributed by atoms with Crippen LogP contribution in [0.25, 0.3) is 5.69 Å². The summed E-state index contributed by atoms with van der Waals surface area (Å²) in [4.78, 5) is 12.9. The van der Waals surface area contributed by atoms with Crippen LogP contribution in [0.3, 0.4) is 0 Å². The highest BCUT2D eigenvalue weighted by molar-refractivity contribution is 5.95. The number of carbonyl (C=O) groups is 1. The molecule has 0 aliphatic rings. The Kier molecular flexibility index (Phi) is 6.80. The van der Waals surface area contributed by atoms with E-state index >= 15 is 0 Å². The van der Waals surface area contributed by atoms with Crippen LogP contribution in [0.15, 0.2) is 36.5 Å². The minimum atomic E-state index is -0.482. The van der Waals surface area contributed by atoms with E-state index in [1.54, 1.807) is 10.9 Å². The topological polar surface area (TPSA) is 82.2 Å². The van der Waals surface area contributed by atoms with Crippen LogP contribution >= 0.6 is 0 Å². The monoisotopic (exact) mass is 358 g/mol. The number of hydrogen-bond donors (Lipinski definition) is 2. The molecule has 1 atom stereocenters. The molecule has 2 aromatic rings. The number of nitrogens with one attached hydrogen (secondary N) is 1.